The number of anilines is 1. The summed E-state index contributed by atoms with van der Waals surface area (Å²) < 4.78 is 25.4. The minimum absolute atomic E-state index is 0.333. The van der Waals surface area contributed by atoms with Crippen LogP contribution in [0.15, 0.2) is 23.1 Å². The summed E-state index contributed by atoms with van der Waals surface area (Å²) in [6.07, 6.45) is 4.40. The van der Waals surface area contributed by atoms with Gasteiger partial charge in [0, 0.05) is 16.3 Å². The van der Waals surface area contributed by atoms with Crippen molar-refractivity contribution in [3.05, 3.63) is 24.0 Å². The molecule has 2 unspecified atom stereocenters. The molecule has 0 saturated carbocycles. The summed E-state index contributed by atoms with van der Waals surface area (Å²) in [5, 5.41) is 0. The summed E-state index contributed by atoms with van der Waals surface area (Å²) in [6, 6.07) is 4.17. The van der Waals surface area contributed by atoms with Crippen molar-refractivity contribution in [2.75, 3.05) is 11.5 Å². The summed E-state index contributed by atoms with van der Waals surface area (Å²) in [6.45, 7) is 4.26. The van der Waals surface area contributed by atoms with Crippen LogP contribution in [0.3, 0.4) is 0 Å². The van der Waals surface area contributed by atoms with Gasteiger partial charge >= 0.3 is 0 Å². The lowest BCUT2D eigenvalue weighted by Gasteiger charge is -2.14. The number of hydrogen-bond acceptors (Lipinski definition) is 2. The Hall–Kier alpha value is -0.900. The molecule has 4 heteroatoms. The van der Waals surface area contributed by atoms with Gasteiger partial charge in [-0.2, -0.15) is 0 Å². The lowest BCUT2D eigenvalue weighted by atomic mass is 10.0. The van der Waals surface area contributed by atoms with Crippen LogP contribution in [0.4, 0.5) is 10.1 Å². The van der Waals surface area contributed by atoms with Crippen molar-refractivity contribution in [1.82, 2.24) is 0 Å². The monoisotopic (exact) mass is 271 g/mol. The summed E-state index contributed by atoms with van der Waals surface area (Å²) in [5.41, 5.74) is 5.90. The average Bonchev–Trinajstić information content (AvgIpc) is 2.32. The molecule has 2 N–H and O–H groups in total. The van der Waals surface area contributed by atoms with Gasteiger partial charge in [0.25, 0.3) is 0 Å². The van der Waals surface area contributed by atoms with E-state index in [1.807, 2.05) is 0 Å². The fraction of sp³-hybridized carbons (Fsp3) is 0.571. The molecular weight excluding hydrogens is 249 g/mol. The number of halogens is 1. The Labute approximate surface area is 111 Å². The summed E-state index contributed by atoms with van der Waals surface area (Å²) in [5.74, 6) is 0.620. The molecule has 0 amide bonds. The predicted octanol–water partition coefficient (Wildman–Crippen LogP) is 3.73. The second-order valence-electron chi connectivity index (χ2n) is 4.65. The molecule has 102 valence electrons. The van der Waals surface area contributed by atoms with Crippen LogP contribution >= 0.6 is 0 Å². The van der Waals surface area contributed by atoms with E-state index in [0.29, 0.717) is 22.3 Å². The number of benzene rings is 1. The van der Waals surface area contributed by atoms with Gasteiger partial charge in [-0.25, -0.2) is 4.39 Å². The van der Waals surface area contributed by atoms with E-state index in [1.165, 1.54) is 12.1 Å². The van der Waals surface area contributed by atoms with E-state index in [1.54, 1.807) is 6.07 Å². The molecule has 0 fully saturated rings. The first-order valence-electron chi connectivity index (χ1n) is 6.51. The highest BCUT2D eigenvalue weighted by Crippen LogP contribution is 2.20. The number of unbranched alkanes of at least 4 members (excludes halogenated alkanes) is 1. The summed E-state index contributed by atoms with van der Waals surface area (Å²) in [7, 11) is -1.16. The summed E-state index contributed by atoms with van der Waals surface area (Å²) >= 11 is 0. The third kappa shape index (κ3) is 4.77. The van der Waals surface area contributed by atoms with Gasteiger partial charge in [-0.3, -0.25) is 4.21 Å². The maximum absolute atomic E-state index is 13.2. The van der Waals surface area contributed by atoms with Crippen molar-refractivity contribution in [2.24, 2.45) is 5.92 Å². The van der Waals surface area contributed by atoms with Crippen molar-refractivity contribution in [3.63, 3.8) is 0 Å². The zero-order chi connectivity index (χ0) is 13.5. The molecule has 1 aromatic rings. The first-order valence-corrected chi connectivity index (χ1v) is 7.83. The van der Waals surface area contributed by atoms with Crippen LogP contribution in [0.5, 0.6) is 0 Å². The second-order valence-corrected chi connectivity index (χ2v) is 6.14. The first-order chi connectivity index (χ1) is 8.56. The van der Waals surface area contributed by atoms with E-state index in [2.05, 4.69) is 13.8 Å². The first kappa shape index (κ1) is 15.2. The molecule has 2 atom stereocenters. The molecule has 0 heterocycles. The van der Waals surface area contributed by atoms with Gasteiger partial charge in [-0.15, -0.1) is 0 Å². The largest absolute Gasteiger partial charge is 0.399 e. The van der Waals surface area contributed by atoms with Crippen LogP contribution in [0.25, 0.3) is 0 Å². The third-order valence-electron chi connectivity index (χ3n) is 3.09. The molecule has 0 aliphatic rings. The van der Waals surface area contributed by atoms with Crippen LogP contribution in [0.2, 0.25) is 0 Å². The zero-order valence-corrected chi connectivity index (χ0v) is 11.9. The molecule has 1 rings (SSSR count). The van der Waals surface area contributed by atoms with Gasteiger partial charge in [0.05, 0.1) is 10.8 Å². The lowest BCUT2D eigenvalue weighted by Crippen LogP contribution is -2.11. The fourth-order valence-electron chi connectivity index (χ4n) is 1.92. The SMILES string of the molecule is CCCCC(CC)CS(=O)c1cc(N)cc(F)c1. The van der Waals surface area contributed by atoms with Crippen molar-refractivity contribution < 1.29 is 8.60 Å². The zero-order valence-electron chi connectivity index (χ0n) is 11.1. The standard InChI is InChI=1S/C14H22FNOS/c1-3-5-6-11(4-2)10-18(17)14-8-12(15)7-13(16)9-14/h7-9,11H,3-6,10,16H2,1-2H3. The van der Waals surface area contributed by atoms with Crippen LogP contribution in [0, 0.1) is 11.7 Å². The Kier molecular flexibility index (Phi) is 6.33. The summed E-state index contributed by atoms with van der Waals surface area (Å²) in [4.78, 5) is 0.502. The van der Waals surface area contributed by atoms with Gasteiger partial charge in [-0.05, 0) is 30.5 Å². The molecule has 18 heavy (non-hydrogen) atoms. The molecule has 1 aromatic carbocycles. The van der Waals surface area contributed by atoms with E-state index in [-0.39, 0.29) is 0 Å². The normalized spacial score (nSPS) is 14.4. The Bertz CT molecular complexity index is 389. The average molecular weight is 271 g/mol. The quantitative estimate of drug-likeness (QED) is 0.768. The van der Waals surface area contributed by atoms with Gasteiger partial charge in [-0.1, -0.05) is 33.1 Å². The molecule has 0 radical (unpaired) electrons. The van der Waals surface area contributed by atoms with Crippen molar-refractivity contribution in [3.8, 4) is 0 Å². The van der Waals surface area contributed by atoms with Crippen molar-refractivity contribution in [2.45, 2.75) is 44.4 Å². The van der Waals surface area contributed by atoms with Crippen LogP contribution in [0.1, 0.15) is 39.5 Å². The number of nitrogens with two attached hydrogens (primary N) is 1. The van der Waals surface area contributed by atoms with Crippen LogP contribution < -0.4 is 5.73 Å². The second kappa shape index (κ2) is 7.52. The smallest absolute Gasteiger partial charge is 0.126 e. The van der Waals surface area contributed by atoms with Crippen LogP contribution in [-0.4, -0.2) is 9.96 Å². The van der Waals surface area contributed by atoms with E-state index in [9.17, 15) is 8.60 Å². The third-order valence-corrected chi connectivity index (χ3v) is 4.62. The molecule has 0 aliphatic carbocycles. The molecule has 0 aromatic heterocycles. The maximum Gasteiger partial charge on any atom is 0.126 e. The van der Waals surface area contributed by atoms with Gasteiger partial charge in [0.2, 0.25) is 0 Å². The van der Waals surface area contributed by atoms with E-state index < -0.39 is 16.6 Å². The van der Waals surface area contributed by atoms with E-state index >= 15 is 0 Å². The number of hydrogen-bond donors (Lipinski definition) is 1. The molecule has 0 spiro atoms. The molecule has 0 saturated heterocycles. The Morgan fingerprint density at radius 3 is 2.61 bits per heavy atom. The Morgan fingerprint density at radius 1 is 1.33 bits per heavy atom. The van der Waals surface area contributed by atoms with Gasteiger partial charge < -0.3 is 5.73 Å². The minimum Gasteiger partial charge on any atom is -0.399 e. The minimum atomic E-state index is -1.16. The van der Waals surface area contributed by atoms with E-state index in [4.69, 9.17) is 5.73 Å². The van der Waals surface area contributed by atoms with Gasteiger partial charge in [0.15, 0.2) is 0 Å². The Balaban J connectivity index is 2.68. The number of rotatable bonds is 7. The van der Waals surface area contributed by atoms with Crippen molar-refractivity contribution >= 4 is 16.5 Å². The Morgan fingerprint density at radius 2 is 2.06 bits per heavy atom. The van der Waals surface area contributed by atoms with Crippen LogP contribution in [-0.2, 0) is 10.8 Å². The fourth-order valence-corrected chi connectivity index (χ4v) is 3.46. The molecule has 0 bridgehead atoms. The molecule has 0 aliphatic heterocycles. The molecule has 2 nitrogen and oxygen atoms in total. The number of nitrogen functional groups attached to an aromatic ring is 1. The topological polar surface area (TPSA) is 43.1 Å². The highest BCUT2D eigenvalue weighted by molar-refractivity contribution is 7.85. The van der Waals surface area contributed by atoms with Crippen molar-refractivity contribution in [1.29, 1.82) is 0 Å². The molecular formula is C14H22FNOS. The highest BCUT2D eigenvalue weighted by atomic mass is 32.2. The lowest BCUT2D eigenvalue weighted by molar-refractivity contribution is 0.494. The van der Waals surface area contributed by atoms with Gasteiger partial charge in [0.1, 0.15) is 5.82 Å². The maximum atomic E-state index is 13.2. The highest BCUT2D eigenvalue weighted by Gasteiger charge is 2.13. The van der Waals surface area contributed by atoms with E-state index in [0.717, 1.165) is 25.7 Å². The predicted molar refractivity (Wildman–Crippen MR) is 75.4 cm³/mol.